The molecule has 0 spiro atoms. The van der Waals surface area contributed by atoms with E-state index in [9.17, 15) is 28.1 Å². The average Bonchev–Trinajstić information content (AvgIpc) is 2.66. The van der Waals surface area contributed by atoms with Crippen molar-refractivity contribution in [3.8, 4) is 0 Å². The number of carbonyl (C=O) groups is 2. The zero-order valence-corrected chi connectivity index (χ0v) is 17.0. The van der Waals surface area contributed by atoms with Gasteiger partial charge in [0.2, 0.25) is 10.0 Å². The molecule has 1 aliphatic heterocycles. The number of nitrogens with one attached hydrogen (secondary N) is 1. The molecule has 11 heteroatoms. The molecule has 1 aromatic rings. The van der Waals surface area contributed by atoms with Crippen LogP contribution in [0, 0.1) is 10.1 Å². The number of sulfonamides is 1. The monoisotopic (exact) mass is 427 g/mol. The van der Waals surface area contributed by atoms with Gasteiger partial charge in [-0.15, -0.1) is 12.6 Å². The first-order chi connectivity index (χ1) is 13.1. The molecule has 152 valence electrons. The molecule has 1 unspecified atom stereocenters. The molecule has 1 heterocycles. The van der Waals surface area contributed by atoms with Gasteiger partial charge in [-0.2, -0.15) is 0 Å². The van der Waals surface area contributed by atoms with Crippen molar-refractivity contribution < 1.29 is 22.9 Å². The average molecular weight is 428 g/mol. The Balaban J connectivity index is 2.27. The maximum Gasteiger partial charge on any atom is 0.283 e. The summed E-state index contributed by atoms with van der Waals surface area (Å²) in [6.45, 7) is 5.39. The summed E-state index contributed by atoms with van der Waals surface area (Å²) in [6, 6.07) is 3.13. The number of likely N-dealkylation sites (tertiary alicyclic amines) is 1. The maximum absolute atomic E-state index is 12.9. The fourth-order valence-corrected chi connectivity index (χ4v) is 3.70. The Hall–Kier alpha value is -2.40. The summed E-state index contributed by atoms with van der Waals surface area (Å²) in [4.78, 5) is 37.2. The maximum atomic E-state index is 12.9. The molecule has 0 bridgehead atoms. The van der Waals surface area contributed by atoms with E-state index in [-0.39, 0.29) is 34.0 Å². The number of benzene rings is 1. The van der Waals surface area contributed by atoms with Crippen LogP contribution in [0.1, 0.15) is 31.7 Å². The van der Waals surface area contributed by atoms with E-state index >= 15 is 0 Å². The predicted molar refractivity (Wildman–Crippen MR) is 106 cm³/mol. The van der Waals surface area contributed by atoms with Crippen molar-refractivity contribution in [2.75, 3.05) is 12.3 Å². The third kappa shape index (κ3) is 4.90. The van der Waals surface area contributed by atoms with E-state index in [0.717, 1.165) is 0 Å². The summed E-state index contributed by atoms with van der Waals surface area (Å²) in [5.74, 6) is -1.60. The van der Waals surface area contributed by atoms with Gasteiger partial charge in [0.05, 0.1) is 15.6 Å². The number of thiol groups is 1. The van der Waals surface area contributed by atoms with Gasteiger partial charge in [0.25, 0.3) is 17.5 Å². The van der Waals surface area contributed by atoms with E-state index in [0.29, 0.717) is 19.3 Å². The Morgan fingerprint density at radius 2 is 2.07 bits per heavy atom. The van der Waals surface area contributed by atoms with Gasteiger partial charge in [-0.3, -0.25) is 24.4 Å². The van der Waals surface area contributed by atoms with Gasteiger partial charge < -0.3 is 4.90 Å². The number of carbonyl (C=O) groups excluding carboxylic acids is 2. The second-order valence-electron chi connectivity index (χ2n) is 6.32. The molecule has 0 aliphatic carbocycles. The van der Waals surface area contributed by atoms with Gasteiger partial charge in [0.1, 0.15) is 6.04 Å². The number of nitrogens with zero attached hydrogens (tertiary/aromatic N) is 2. The number of nitro benzene ring substituents is 1. The van der Waals surface area contributed by atoms with Gasteiger partial charge in [0, 0.05) is 18.2 Å². The molecule has 1 atom stereocenters. The highest BCUT2D eigenvalue weighted by atomic mass is 32.2. The normalized spacial score (nSPS) is 17.1. The predicted octanol–water partition coefficient (Wildman–Crippen LogP) is 1.74. The molecule has 0 aromatic heterocycles. The topological polar surface area (TPSA) is 127 Å². The lowest BCUT2D eigenvalue weighted by molar-refractivity contribution is -0.387. The summed E-state index contributed by atoms with van der Waals surface area (Å²) in [5, 5.41) is 11.1. The molecule has 1 aromatic carbocycles. The molecule has 0 saturated carbocycles. The Morgan fingerprint density at radius 3 is 2.68 bits per heavy atom. The second-order valence-corrected chi connectivity index (χ2v) is 8.81. The van der Waals surface area contributed by atoms with Crippen molar-refractivity contribution in [3.63, 3.8) is 0 Å². The fourth-order valence-electron chi connectivity index (χ4n) is 2.89. The number of hydrogen-bond acceptors (Lipinski definition) is 7. The Morgan fingerprint density at radius 1 is 1.39 bits per heavy atom. The summed E-state index contributed by atoms with van der Waals surface area (Å²) in [7, 11) is -3.75. The van der Waals surface area contributed by atoms with Gasteiger partial charge in [0.15, 0.2) is 0 Å². The van der Waals surface area contributed by atoms with Crippen LogP contribution in [0.4, 0.5) is 5.69 Å². The van der Waals surface area contributed by atoms with Crippen LogP contribution in [0.3, 0.4) is 0 Å². The lowest BCUT2D eigenvalue weighted by atomic mass is 9.98. The van der Waals surface area contributed by atoms with Crippen LogP contribution in [-0.2, 0) is 19.6 Å². The summed E-state index contributed by atoms with van der Waals surface area (Å²) in [6.07, 6.45) is 1.64. The van der Waals surface area contributed by atoms with Crippen molar-refractivity contribution in [2.24, 2.45) is 0 Å². The minimum Gasteiger partial charge on any atom is -0.327 e. The van der Waals surface area contributed by atoms with E-state index in [1.807, 2.05) is 4.72 Å². The number of nitro groups is 1. The molecular weight excluding hydrogens is 406 g/mol. The van der Waals surface area contributed by atoms with Gasteiger partial charge >= 0.3 is 0 Å². The second kappa shape index (κ2) is 8.74. The molecule has 28 heavy (non-hydrogen) atoms. The summed E-state index contributed by atoms with van der Waals surface area (Å²) < 4.78 is 25.4. The quantitative estimate of drug-likeness (QED) is 0.308. The third-order valence-electron chi connectivity index (χ3n) is 4.48. The van der Waals surface area contributed by atoms with Gasteiger partial charge in [-0.05, 0) is 37.8 Å². The summed E-state index contributed by atoms with van der Waals surface area (Å²) in [5.41, 5.74) is -0.0494. The molecule has 1 N–H and O–H groups in total. The Labute approximate surface area is 168 Å². The lowest BCUT2D eigenvalue weighted by Gasteiger charge is -2.35. The van der Waals surface area contributed by atoms with Crippen LogP contribution in [0.5, 0.6) is 0 Å². The van der Waals surface area contributed by atoms with Crippen molar-refractivity contribution in [1.82, 2.24) is 9.62 Å². The highest BCUT2D eigenvalue weighted by molar-refractivity contribution is 7.90. The molecule has 1 saturated heterocycles. The first-order valence-electron chi connectivity index (χ1n) is 8.59. The Kier molecular flexibility index (Phi) is 6.83. The molecule has 1 aliphatic rings. The standard InChI is InChI=1S/C17H21N3O6S2/c1-3-28(25,26)18-16(21)13-6-4-5-9-19(13)17(22)11(2)12-7-8-15(27)14(10-12)20(23)24/h7-8,10,13,27H,2-6,9H2,1H3,(H,18,21). The van der Waals surface area contributed by atoms with Crippen LogP contribution in [0.25, 0.3) is 5.57 Å². The SMILES string of the molecule is C=C(C(=O)N1CCCCC1C(=O)NS(=O)(=O)CC)c1ccc(S)c([N+](=O)[O-])c1. The van der Waals surface area contributed by atoms with Crippen LogP contribution in [-0.4, -0.2) is 48.4 Å². The highest BCUT2D eigenvalue weighted by Crippen LogP contribution is 2.29. The van der Waals surface area contributed by atoms with Crippen molar-refractivity contribution in [2.45, 2.75) is 37.1 Å². The minimum atomic E-state index is -3.75. The van der Waals surface area contributed by atoms with E-state index in [4.69, 9.17) is 0 Å². The minimum absolute atomic E-state index is 0.0190. The van der Waals surface area contributed by atoms with Gasteiger partial charge in [-0.25, -0.2) is 8.42 Å². The number of rotatable bonds is 6. The van der Waals surface area contributed by atoms with Crippen LogP contribution < -0.4 is 4.72 Å². The largest absolute Gasteiger partial charge is 0.327 e. The van der Waals surface area contributed by atoms with Crippen molar-refractivity contribution in [1.29, 1.82) is 0 Å². The molecule has 1 fully saturated rings. The molecular formula is C17H21N3O6S2. The third-order valence-corrected chi connectivity index (χ3v) is 6.13. The molecule has 2 amide bonds. The van der Waals surface area contributed by atoms with Crippen molar-refractivity contribution >= 4 is 45.7 Å². The first kappa shape index (κ1) is 21.9. The number of amides is 2. The van der Waals surface area contributed by atoms with Crippen molar-refractivity contribution in [3.05, 3.63) is 40.5 Å². The first-order valence-corrected chi connectivity index (χ1v) is 10.7. The van der Waals surface area contributed by atoms with Crippen LogP contribution in [0.2, 0.25) is 0 Å². The van der Waals surface area contributed by atoms with Crippen LogP contribution in [0.15, 0.2) is 29.7 Å². The van der Waals surface area contributed by atoms with E-state index < -0.39 is 32.8 Å². The summed E-state index contributed by atoms with van der Waals surface area (Å²) >= 11 is 4.02. The van der Waals surface area contributed by atoms with E-state index in [1.54, 1.807) is 0 Å². The van der Waals surface area contributed by atoms with E-state index in [2.05, 4.69) is 19.2 Å². The Bertz CT molecular complexity index is 929. The smallest absolute Gasteiger partial charge is 0.283 e. The fraction of sp³-hybridized carbons (Fsp3) is 0.412. The van der Waals surface area contributed by atoms with E-state index in [1.165, 1.54) is 30.0 Å². The lowest BCUT2D eigenvalue weighted by Crippen LogP contribution is -2.53. The zero-order valence-electron chi connectivity index (χ0n) is 15.3. The molecule has 0 radical (unpaired) electrons. The van der Waals surface area contributed by atoms with Crippen LogP contribution >= 0.6 is 12.6 Å². The highest BCUT2D eigenvalue weighted by Gasteiger charge is 2.35. The van der Waals surface area contributed by atoms with Gasteiger partial charge in [-0.1, -0.05) is 12.6 Å². The molecule has 9 nitrogen and oxygen atoms in total. The number of piperidine rings is 1. The molecule has 2 rings (SSSR count). The zero-order chi connectivity index (χ0) is 21.1. The number of hydrogen-bond donors (Lipinski definition) is 2.